The van der Waals surface area contributed by atoms with Gasteiger partial charge in [0.1, 0.15) is 5.82 Å². The normalized spacial score (nSPS) is 10.7. The largest absolute Gasteiger partial charge is 0.346 e. The summed E-state index contributed by atoms with van der Waals surface area (Å²) in [6.45, 7) is -0.230. The van der Waals surface area contributed by atoms with E-state index in [0.29, 0.717) is 18.2 Å². The summed E-state index contributed by atoms with van der Waals surface area (Å²) in [6.07, 6.45) is 0. The Bertz CT molecular complexity index is 845. The number of nitrogens with one attached hydrogen (secondary N) is 2. The maximum absolute atomic E-state index is 13.5. The number of benzene rings is 2. The Morgan fingerprint density at radius 1 is 1.00 bits per heavy atom. The van der Waals surface area contributed by atoms with E-state index in [0.717, 1.165) is 6.07 Å². The lowest BCUT2D eigenvalue weighted by molar-refractivity contribution is -0.124. The van der Waals surface area contributed by atoms with Crippen LogP contribution in [0.2, 0.25) is 0 Å². The number of carbonyl (C=O) groups is 2. The Hall–Kier alpha value is -2.94. The Labute approximate surface area is 153 Å². The van der Waals surface area contributed by atoms with Crippen molar-refractivity contribution < 1.29 is 27.2 Å². The van der Waals surface area contributed by atoms with Crippen molar-refractivity contribution in [2.45, 2.75) is 6.54 Å². The van der Waals surface area contributed by atoms with Crippen LogP contribution in [0.25, 0.3) is 0 Å². The van der Waals surface area contributed by atoms with E-state index in [1.807, 2.05) is 5.32 Å². The summed E-state index contributed by atoms with van der Waals surface area (Å²) in [5.41, 5.74) is 0.147. The molecular weight excluding hydrogens is 366 g/mol. The molecule has 0 aromatic heterocycles. The number of likely N-dealkylation sites (N-methyl/N-ethyl adjacent to an activating group) is 1. The smallest absolute Gasteiger partial charge is 0.243 e. The van der Waals surface area contributed by atoms with Gasteiger partial charge in [-0.25, -0.2) is 17.6 Å². The Morgan fingerprint density at radius 2 is 1.74 bits per heavy atom. The van der Waals surface area contributed by atoms with Crippen molar-refractivity contribution in [2.75, 3.05) is 25.5 Å². The second-order valence-electron chi connectivity index (χ2n) is 5.85. The van der Waals surface area contributed by atoms with E-state index in [9.17, 15) is 27.2 Å². The van der Waals surface area contributed by atoms with Crippen LogP contribution in [0.5, 0.6) is 0 Å². The van der Waals surface area contributed by atoms with Crippen LogP contribution in [0, 0.1) is 23.3 Å². The van der Waals surface area contributed by atoms with Gasteiger partial charge in [-0.1, -0.05) is 12.1 Å². The predicted molar refractivity (Wildman–Crippen MR) is 90.7 cm³/mol. The number of anilines is 1. The molecule has 2 rings (SSSR count). The fourth-order valence-corrected chi connectivity index (χ4v) is 2.30. The minimum Gasteiger partial charge on any atom is -0.346 e. The molecule has 0 aliphatic heterocycles. The van der Waals surface area contributed by atoms with Crippen LogP contribution in [0.3, 0.4) is 0 Å². The topological polar surface area (TPSA) is 61.4 Å². The molecule has 0 fully saturated rings. The van der Waals surface area contributed by atoms with Crippen molar-refractivity contribution in [3.05, 3.63) is 65.2 Å². The Balaban J connectivity index is 1.79. The van der Waals surface area contributed by atoms with Crippen LogP contribution >= 0.6 is 0 Å². The Kier molecular flexibility index (Phi) is 6.89. The van der Waals surface area contributed by atoms with E-state index < -0.39 is 41.5 Å². The highest BCUT2D eigenvalue weighted by Gasteiger charge is 2.16. The zero-order valence-corrected chi connectivity index (χ0v) is 14.4. The van der Waals surface area contributed by atoms with Gasteiger partial charge in [-0.05, 0) is 36.9 Å². The summed E-state index contributed by atoms with van der Waals surface area (Å²) in [6, 6.07) is 7.47. The second-order valence-corrected chi connectivity index (χ2v) is 5.85. The molecule has 0 aliphatic carbocycles. The quantitative estimate of drug-likeness (QED) is 0.570. The molecule has 0 saturated heterocycles. The lowest BCUT2D eigenvalue weighted by atomic mass is 10.2. The SMILES string of the molecule is CN(CC(=O)NCC(=O)Nc1ccc(F)c(F)c1F)Cc1cccc(F)c1. The van der Waals surface area contributed by atoms with Gasteiger partial charge in [-0.2, -0.15) is 0 Å². The van der Waals surface area contributed by atoms with Gasteiger partial charge in [-0.15, -0.1) is 0 Å². The predicted octanol–water partition coefficient (Wildman–Crippen LogP) is 2.43. The van der Waals surface area contributed by atoms with Crippen LogP contribution < -0.4 is 10.6 Å². The number of rotatable bonds is 7. The summed E-state index contributed by atoms with van der Waals surface area (Å²) in [5, 5.41) is 4.36. The molecular formula is C18H17F4N3O2. The first-order chi connectivity index (χ1) is 12.8. The maximum atomic E-state index is 13.5. The van der Waals surface area contributed by atoms with Gasteiger partial charge < -0.3 is 10.6 Å². The summed E-state index contributed by atoms with van der Waals surface area (Å²) < 4.78 is 52.6. The molecule has 2 aromatic carbocycles. The molecule has 9 heteroatoms. The zero-order chi connectivity index (χ0) is 20.0. The molecule has 2 aromatic rings. The zero-order valence-electron chi connectivity index (χ0n) is 14.4. The van der Waals surface area contributed by atoms with Gasteiger partial charge >= 0.3 is 0 Å². The summed E-state index contributed by atoms with van der Waals surface area (Å²) in [5.74, 6) is -6.28. The lowest BCUT2D eigenvalue weighted by Gasteiger charge is -2.16. The van der Waals surface area contributed by atoms with Gasteiger partial charge in [0, 0.05) is 6.54 Å². The first-order valence-corrected chi connectivity index (χ1v) is 7.89. The number of halogens is 4. The highest BCUT2D eigenvalue weighted by atomic mass is 19.2. The van der Waals surface area contributed by atoms with Crippen LogP contribution in [0.1, 0.15) is 5.56 Å². The van der Waals surface area contributed by atoms with Gasteiger partial charge in [-0.3, -0.25) is 14.5 Å². The van der Waals surface area contributed by atoms with E-state index in [1.54, 1.807) is 24.1 Å². The third kappa shape index (κ3) is 6.07. The second kappa shape index (κ2) is 9.13. The summed E-state index contributed by atoms with van der Waals surface area (Å²) >= 11 is 0. The van der Waals surface area contributed by atoms with Crippen molar-refractivity contribution in [2.24, 2.45) is 0 Å². The van der Waals surface area contributed by atoms with Crippen LogP contribution in [0.15, 0.2) is 36.4 Å². The minimum atomic E-state index is -1.70. The maximum Gasteiger partial charge on any atom is 0.243 e. The molecule has 0 spiro atoms. The van der Waals surface area contributed by atoms with Gasteiger partial charge in [0.15, 0.2) is 17.5 Å². The van der Waals surface area contributed by atoms with Crippen LogP contribution in [-0.2, 0) is 16.1 Å². The van der Waals surface area contributed by atoms with Crippen LogP contribution in [-0.4, -0.2) is 36.9 Å². The van der Waals surface area contributed by atoms with Gasteiger partial charge in [0.25, 0.3) is 0 Å². The number of hydrogen-bond acceptors (Lipinski definition) is 3. The fraction of sp³-hybridized carbons (Fsp3) is 0.222. The monoisotopic (exact) mass is 383 g/mol. The third-order valence-electron chi connectivity index (χ3n) is 3.51. The Morgan fingerprint density at radius 3 is 2.44 bits per heavy atom. The molecule has 0 bridgehead atoms. The molecule has 0 heterocycles. The number of hydrogen-bond donors (Lipinski definition) is 2. The highest BCUT2D eigenvalue weighted by molar-refractivity contribution is 5.94. The number of nitrogens with zero attached hydrogens (tertiary/aromatic N) is 1. The third-order valence-corrected chi connectivity index (χ3v) is 3.51. The van der Waals surface area contributed by atoms with Crippen LogP contribution in [0.4, 0.5) is 23.2 Å². The molecule has 0 atom stereocenters. The first kappa shape index (κ1) is 20.4. The molecule has 0 saturated carbocycles. The molecule has 0 unspecified atom stereocenters. The lowest BCUT2D eigenvalue weighted by Crippen LogP contribution is -2.39. The molecule has 2 amide bonds. The average Bonchev–Trinajstić information content (AvgIpc) is 2.60. The molecule has 0 radical (unpaired) electrons. The number of amides is 2. The minimum absolute atomic E-state index is 0.0661. The standard InChI is InChI=1S/C18H17F4N3O2/c1-25(9-11-3-2-4-12(19)7-11)10-16(27)23-8-15(26)24-14-6-5-13(20)17(21)18(14)22/h2-7H,8-10H2,1H3,(H,23,27)(H,24,26). The highest BCUT2D eigenvalue weighted by Crippen LogP contribution is 2.19. The summed E-state index contributed by atoms with van der Waals surface area (Å²) in [7, 11) is 1.64. The van der Waals surface area contributed by atoms with Gasteiger partial charge in [0.2, 0.25) is 11.8 Å². The van der Waals surface area contributed by atoms with E-state index in [4.69, 9.17) is 0 Å². The molecule has 144 valence electrons. The first-order valence-electron chi connectivity index (χ1n) is 7.89. The van der Waals surface area contributed by atoms with E-state index in [-0.39, 0.29) is 12.4 Å². The van der Waals surface area contributed by atoms with E-state index in [2.05, 4.69) is 5.32 Å². The molecule has 0 aliphatic rings. The molecule has 2 N–H and O–H groups in total. The van der Waals surface area contributed by atoms with E-state index >= 15 is 0 Å². The van der Waals surface area contributed by atoms with Gasteiger partial charge in [0.05, 0.1) is 18.8 Å². The van der Waals surface area contributed by atoms with E-state index in [1.165, 1.54) is 12.1 Å². The van der Waals surface area contributed by atoms with Crippen molar-refractivity contribution in [1.82, 2.24) is 10.2 Å². The van der Waals surface area contributed by atoms with Crippen molar-refractivity contribution in [1.29, 1.82) is 0 Å². The average molecular weight is 383 g/mol. The molecule has 5 nitrogen and oxygen atoms in total. The summed E-state index contributed by atoms with van der Waals surface area (Å²) in [4.78, 5) is 25.2. The fourth-order valence-electron chi connectivity index (χ4n) is 2.30. The molecule has 27 heavy (non-hydrogen) atoms. The van der Waals surface area contributed by atoms with Crippen molar-refractivity contribution in [3.8, 4) is 0 Å². The van der Waals surface area contributed by atoms with Crippen molar-refractivity contribution >= 4 is 17.5 Å². The van der Waals surface area contributed by atoms with Crippen molar-refractivity contribution in [3.63, 3.8) is 0 Å². The number of carbonyl (C=O) groups excluding carboxylic acids is 2.